The number of nitrogens with zero attached hydrogens (tertiary/aromatic N) is 1. The average molecular weight is 344 g/mol. The molecule has 0 radical (unpaired) electrons. The van der Waals surface area contributed by atoms with Gasteiger partial charge < -0.3 is 4.90 Å². The van der Waals surface area contributed by atoms with Crippen LogP contribution in [0.4, 0.5) is 5.69 Å². The smallest absolute Gasteiger partial charge is 0.231 e. The lowest BCUT2D eigenvalue weighted by atomic mass is 9.99. The summed E-state index contributed by atoms with van der Waals surface area (Å²) < 4.78 is 0.793. The maximum absolute atomic E-state index is 12.6. The van der Waals surface area contributed by atoms with Gasteiger partial charge in [-0.2, -0.15) is 0 Å². The van der Waals surface area contributed by atoms with Crippen LogP contribution < -0.4 is 4.90 Å². The predicted molar refractivity (Wildman–Crippen MR) is 85.9 cm³/mol. The minimum absolute atomic E-state index is 0.0355. The molecule has 2 aromatic carbocycles. The van der Waals surface area contributed by atoms with E-state index in [1.54, 1.807) is 18.0 Å². The Morgan fingerprint density at radius 3 is 2.67 bits per heavy atom. The van der Waals surface area contributed by atoms with Crippen LogP contribution in [0.15, 0.2) is 40.9 Å². The summed E-state index contributed by atoms with van der Waals surface area (Å²) >= 11 is 3.44. The quantitative estimate of drug-likeness (QED) is 0.782. The zero-order valence-electron chi connectivity index (χ0n) is 11.8. The van der Waals surface area contributed by atoms with Gasteiger partial charge in [-0.15, -0.1) is 0 Å². The van der Waals surface area contributed by atoms with Crippen molar-refractivity contribution < 1.29 is 9.59 Å². The zero-order chi connectivity index (χ0) is 15.1. The van der Waals surface area contributed by atoms with Crippen molar-refractivity contribution in [2.24, 2.45) is 0 Å². The molecule has 0 aliphatic carbocycles. The molecule has 0 spiro atoms. The van der Waals surface area contributed by atoms with Crippen molar-refractivity contribution in [2.75, 3.05) is 11.9 Å². The summed E-state index contributed by atoms with van der Waals surface area (Å²) in [6, 6.07) is 11.1. The van der Waals surface area contributed by atoms with Crippen molar-refractivity contribution in [1.82, 2.24) is 0 Å². The third-order valence-corrected chi connectivity index (χ3v) is 4.44. The lowest BCUT2D eigenvalue weighted by Gasteiger charge is -2.10. The summed E-state index contributed by atoms with van der Waals surface area (Å²) in [5, 5.41) is 0. The fourth-order valence-electron chi connectivity index (χ4n) is 2.57. The summed E-state index contributed by atoms with van der Waals surface area (Å²) in [7, 11) is 1.76. The van der Waals surface area contributed by atoms with Gasteiger partial charge in [-0.3, -0.25) is 9.59 Å². The van der Waals surface area contributed by atoms with E-state index in [1.165, 1.54) is 0 Å². The maximum atomic E-state index is 12.6. The van der Waals surface area contributed by atoms with Crippen LogP contribution in [0.5, 0.6) is 0 Å². The SMILES string of the molecule is Cc1ccc(C(=O)c2ccc3c(c2)CC(=O)N3C)c(Br)c1. The molecule has 21 heavy (non-hydrogen) atoms. The van der Waals surface area contributed by atoms with Crippen LogP contribution in [-0.4, -0.2) is 18.7 Å². The Hall–Kier alpha value is -1.94. The van der Waals surface area contributed by atoms with E-state index < -0.39 is 0 Å². The first kappa shape index (κ1) is 14.0. The first-order chi connectivity index (χ1) is 9.97. The molecule has 4 heteroatoms. The Bertz CT molecular complexity index is 767. The average Bonchev–Trinajstić information content (AvgIpc) is 2.73. The monoisotopic (exact) mass is 343 g/mol. The lowest BCUT2D eigenvalue weighted by Crippen LogP contribution is -2.20. The van der Waals surface area contributed by atoms with Crippen molar-refractivity contribution in [3.05, 3.63) is 63.1 Å². The number of hydrogen-bond donors (Lipinski definition) is 0. The highest BCUT2D eigenvalue weighted by molar-refractivity contribution is 9.10. The minimum Gasteiger partial charge on any atom is -0.315 e. The molecule has 1 amide bonds. The summed E-state index contributed by atoms with van der Waals surface area (Å²) in [5.74, 6) is 0.0257. The fraction of sp³-hybridized carbons (Fsp3) is 0.176. The standard InChI is InChI=1S/C17H14BrNO2/c1-10-3-5-13(14(18)7-10)17(21)11-4-6-15-12(8-11)9-16(20)19(15)2/h3-8H,9H2,1-2H3. The van der Waals surface area contributed by atoms with E-state index >= 15 is 0 Å². The molecule has 1 aliphatic rings. The number of amides is 1. The Morgan fingerprint density at radius 1 is 1.19 bits per heavy atom. The Kier molecular flexibility index (Phi) is 3.41. The van der Waals surface area contributed by atoms with E-state index in [-0.39, 0.29) is 11.7 Å². The number of rotatable bonds is 2. The van der Waals surface area contributed by atoms with Crippen molar-refractivity contribution in [1.29, 1.82) is 0 Å². The Morgan fingerprint density at radius 2 is 1.95 bits per heavy atom. The molecule has 3 rings (SSSR count). The van der Waals surface area contributed by atoms with Crippen LogP contribution in [0, 0.1) is 6.92 Å². The second-order valence-corrected chi connectivity index (χ2v) is 6.14. The number of carbonyl (C=O) groups excluding carboxylic acids is 2. The van der Waals surface area contributed by atoms with E-state index in [0.29, 0.717) is 17.5 Å². The molecule has 3 nitrogen and oxygen atoms in total. The summed E-state index contributed by atoms with van der Waals surface area (Å²) in [6.45, 7) is 1.98. The highest BCUT2D eigenvalue weighted by Crippen LogP contribution is 2.30. The first-order valence-electron chi connectivity index (χ1n) is 6.67. The number of carbonyl (C=O) groups is 2. The number of anilines is 1. The van der Waals surface area contributed by atoms with Crippen LogP contribution in [-0.2, 0) is 11.2 Å². The molecule has 0 atom stereocenters. The van der Waals surface area contributed by atoms with Gasteiger partial charge in [0.15, 0.2) is 5.78 Å². The highest BCUT2D eigenvalue weighted by atomic mass is 79.9. The van der Waals surface area contributed by atoms with Crippen molar-refractivity contribution in [3.63, 3.8) is 0 Å². The van der Waals surface area contributed by atoms with Crippen LogP contribution in [0.25, 0.3) is 0 Å². The number of ketones is 1. The molecular formula is C17H14BrNO2. The van der Waals surface area contributed by atoms with Crippen molar-refractivity contribution in [3.8, 4) is 0 Å². The summed E-state index contributed by atoms with van der Waals surface area (Å²) in [4.78, 5) is 26.0. The van der Waals surface area contributed by atoms with Gasteiger partial charge in [0.05, 0.1) is 6.42 Å². The van der Waals surface area contributed by atoms with Gasteiger partial charge in [0.2, 0.25) is 5.91 Å². The van der Waals surface area contributed by atoms with Gasteiger partial charge in [0, 0.05) is 28.3 Å². The van der Waals surface area contributed by atoms with Crippen molar-refractivity contribution >= 4 is 33.3 Å². The number of aryl methyl sites for hydroxylation is 1. The number of likely N-dealkylation sites (N-methyl/N-ethyl adjacent to an activating group) is 1. The number of halogens is 1. The van der Waals surface area contributed by atoms with E-state index in [1.807, 2.05) is 37.3 Å². The van der Waals surface area contributed by atoms with E-state index in [9.17, 15) is 9.59 Å². The second-order valence-electron chi connectivity index (χ2n) is 5.29. The van der Waals surface area contributed by atoms with Crippen LogP contribution in [0.2, 0.25) is 0 Å². The predicted octanol–water partition coefficient (Wildman–Crippen LogP) is 3.51. The summed E-state index contributed by atoms with van der Waals surface area (Å²) in [5.41, 5.74) is 4.15. The van der Waals surface area contributed by atoms with E-state index in [2.05, 4.69) is 15.9 Å². The van der Waals surface area contributed by atoms with Crippen LogP contribution in [0.3, 0.4) is 0 Å². The maximum Gasteiger partial charge on any atom is 0.231 e. The molecule has 0 N–H and O–H groups in total. The van der Waals surface area contributed by atoms with Crippen LogP contribution in [0.1, 0.15) is 27.0 Å². The zero-order valence-corrected chi connectivity index (χ0v) is 13.4. The highest BCUT2D eigenvalue weighted by Gasteiger charge is 2.25. The molecular weight excluding hydrogens is 330 g/mol. The normalized spacial score (nSPS) is 13.5. The summed E-state index contributed by atoms with van der Waals surface area (Å²) in [6.07, 6.45) is 0.363. The number of hydrogen-bond acceptors (Lipinski definition) is 2. The minimum atomic E-state index is -0.0355. The third-order valence-electron chi connectivity index (χ3n) is 3.79. The molecule has 0 saturated carbocycles. The Labute approximate surface area is 131 Å². The van der Waals surface area contributed by atoms with E-state index in [0.717, 1.165) is 21.3 Å². The molecule has 0 saturated heterocycles. The third kappa shape index (κ3) is 2.40. The fourth-order valence-corrected chi connectivity index (χ4v) is 3.24. The van der Waals surface area contributed by atoms with Crippen molar-refractivity contribution in [2.45, 2.75) is 13.3 Å². The van der Waals surface area contributed by atoms with Gasteiger partial charge in [-0.1, -0.05) is 22.0 Å². The largest absolute Gasteiger partial charge is 0.315 e. The molecule has 0 bridgehead atoms. The molecule has 2 aromatic rings. The Balaban J connectivity index is 2.00. The molecule has 0 fully saturated rings. The first-order valence-corrected chi connectivity index (χ1v) is 7.47. The van der Waals surface area contributed by atoms with Gasteiger partial charge in [0.1, 0.15) is 0 Å². The molecule has 0 aromatic heterocycles. The van der Waals surface area contributed by atoms with E-state index in [4.69, 9.17) is 0 Å². The van der Waals surface area contributed by atoms with Gasteiger partial charge in [-0.25, -0.2) is 0 Å². The number of benzene rings is 2. The van der Waals surface area contributed by atoms with Gasteiger partial charge >= 0.3 is 0 Å². The molecule has 0 unspecified atom stereocenters. The molecule has 106 valence electrons. The molecule has 1 aliphatic heterocycles. The topological polar surface area (TPSA) is 37.4 Å². The van der Waals surface area contributed by atoms with Gasteiger partial charge in [0.25, 0.3) is 0 Å². The molecule has 1 heterocycles. The lowest BCUT2D eigenvalue weighted by molar-refractivity contribution is -0.117. The second kappa shape index (κ2) is 5.11. The number of fused-ring (bicyclic) bond motifs is 1. The van der Waals surface area contributed by atoms with Gasteiger partial charge in [-0.05, 0) is 48.4 Å². The van der Waals surface area contributed by atoms with Crippen LogP contribution >= 0.6 is 15.9 Å².